The molecule has 1 aromatic heterocycles. The van der Waals surface area contributed by atoms with Crippen molar-refractivity contribution in [3.8, 4) is 17.6 Å². The molecule has 2 rings (SSSR count). The minimum absolute atomic E-state index is 0.401. The first-order valence-corrected chi connectivity index (χ1v) is 9.07. The maximum atomic E-state index is 10.7. The van der Waals surface area contributed by atoms with Gasteiger partial charge in [-0.15, -0.1) is 0 Å². The quantitative estimate of drug-likeness (QED) is 0.538. The lowest BCUT2D eigenvalue weighted by atomic mass is 10.0. The molecule has 5 heteroatoms. The first-order chi connectivity index (χ1) is 12.6. The summed E-state index contributed by atoms with van der Waals surface area (Å²) in [5.41, 5.74) is 2.59. The van der Waals surface area contributed by atoms with Crippen molar-refractivity contribution in [3.05, 3.63) is 58.4 Å². The molecule has 0 aliphatic heterocycles. The van der Waals surface area contributed by atoms with Gasteiger partial charge in [0.05, 0.1) is 5.56 Å². The Morgan fingerprint density at radius 3 is 2.77 bits per heavy atom. The molecular weight excluding hydrogens is 350 g/mol. The van der Waals surface area contributed by atoms with Crippen molar-refractivity contribution in [2.45, 2.75) is 39.0 Å². The summed E-state index contributed by atoms with van der Waals surface area (Å²) in [4.78, 5) is 14.9. The Labute approximate surface area is 159 Å². The van der Waals surface area contributed by atoms with Crippen LogP contribution in [0.25, 0.3) is 0 Å². The Bertz CT molecular complexity index is 808. The summed E-state index contributed by atoms with van der Waals surface area (Å²) in [6.07, 6.45) is 9.26. The maximum absolute atomic E-state index is 10.7. The first-order valence-electron chi connectivity index (χ1n) is 8.69. The Hall–Kier alpha value is -2.51. The Balaban J connectivity index is 2.20. The number of carboxylic acid groups (broad SMARTS) is 1. The van der Waals surface area contributed by atoms with E-state index in [1.54, 1.807) is 30.6 Å². The van der Waals surface area contributed by atoms with Gasteiger partial charge in [-0.3, -0.25) is 4.98 Å². The molecule has 4 nitrogen and oxygen atoms in total. The van der Waals surface area contributed by atoms with Crippen molar-refractivity contribution in [1.29, 1.82) is 0 Å². The highest BCUT2D eigenvalue weighted by Gasteiger charge is 2.06. The number of hydrogen-bond acceptors (Lipinski definition) is 3. The third kappa shape index (κ3) is 6.42. The highest BCUT2D eigenvalue weighted by molar-refractivity contribution is 6.30. The van der Waals surface area contributed by atoms with Gasteiger partial charge >= 0.3 is 5.97 Å². The number of unbranched alkanes of at least 4 members (excludes halogenated alkanes) is 3. The molecule has 0 radical (unpaired) electrons. The largest absolute Gasteiger partial charge is 0.481 e. The molecule has 0 aliphatic carbocycles. The van der Waals surface area contributed by atoms with E-state index in [9.17, 15) is 4.79 Å². The highest BCUT2D eigenvalue weighted by Crippen LogP contribution is 2.22. The van der Waals surface area contributed by atoms with Gasteiger partial charge in [-0.2, -0.15) is 0 Å². The zero-order valence-corrected chi connectivity index (χ0v) is 15.6. The van der Waals surface area contributed by atoms with Crippen molar-refractivity contribution in [2.75, 3.05) is 6.61 Å². The number of rotatable bonds is 8. The van der Waals surface area contributed by atoms with Crippen molar-refractivity contribution in [1.82, 2.24) is 4.98 Å². The molecule has 0 aliphatic rings. The summed E-state index contributed by atoms with van der Waals surface area (Å²) >= 11 is 6.04. The van der Waals surface area contributed by atoms with Crippen LogP contribution in [0.15, 0.2) is 36.7 Å². The molecule has 2 aromatic rings. The molecule has 0 spiro atoms. The van der Waals surface area contributed by atoms with Gasteiger partial charge in [0.25, 0.3) is 0 Å². The molecule has 0 amide bonds. The standard InChI is InChI=1S/C21H22ClNO3/c1-2-3-4-5-6-16-11-12-23-14-18(16)8-7-17-13-19(22)9-10-20(17)26-15-21(24)25/h9-14H,2-6,15H2,1H3,(H,24,25). The van der Waals surface area contributed by atoms with Crippen LogP contribution in [0.2, 0.25) is 5.02 Å². The second kappa shape index (κ2) is 10.5. The fourth-order valence-electron chi connectivity index (χ4n) is 2.50. The summed E-state index contributed by atoms with van der Waals surface area (Å²) in [5.74, 6) is 5.53. The normalized spacial score (nSPS) is 10.1. The average Bonchev–Trinajstić information content (AvgIpc) is 2.63. The van der Waals surface area contributed by atoms with Crippen molar-refractivity contribution in [3.63, 3.8) is 0 Å². The minimum atomic E-state index is -1.04. The van der Waals surface area contributed by atoms with Gasteiger partial charge < -0.3 is 9.84 Å². The number of aliphatic carboxylic acids is 1. The van der Waals surface area contributed by atoms with Crippen LogP contribution >= 0.6 is 11.6 Å². The molecule has 0 saturated carbocycles. The van der Waals surface area contributed by atoms with Crippen LogP contribution in [0.3, 0.4) is 0 Å². The SMILES string of the molecule is CCCCCCc1ccncc1C#Cc1cc(Cl)ccc1OCC(=O)O. The van der Waals surface area contributed by atoms with E-state index in [1.165, 1.54) is 24.8 Å². The van der Waals surface area contributed by atoms with E-state index in [0.29, 0.717) is 16.3 Å². The molecule has 0 saturated heterocycles. The van der Waals surface area contributed by atoms with Crippen LogP contribution in [0, 0.1) is 11.8 Å². The van der Waals surface area contributed by atoms with Crippen molar-refractivity contribution < 1.29 is 14.6 Å². The smallest absolute Gasteiger partial charge is 0.341 e. The fourth-order valence-corrected chi connectivity index (χ4v) is 2.67. The molecular formula is C21H22ClNO3. The Morgan fingerprint density at radius 1 is 1.19 bits per heavy atom. The van der Waals surface area contributed by atoms with Gasteiger partial charge in [0, 0.05) is 23.0 Å². The van der Waals surface area contributed by atoms with E-state index in [4.69, 9.17) is 21.4 Å². The van der Waals surface area contributed by atoms with Crippen LogP contribution in [-0.4, -0.2) is 22.7 Å². The van der Waals surface area contributed by atoms with E-state index < -0.39 is 12.6 Å². The number of halogens is 1. The lowest BCUT2D eigenvalue weighted by molar-refractivity contribution is -0.139. The average molecular weight is 372 g/mol. The van der Waals surface area contributed by atoms with E-state index in [-0.39, 0.29) is 0 Å². The molecule has 1 aromatic carbocycles. The molecule has 26 heavy (non-hydrogen) atoms. The van der Waals surface area contributed by atoms with Gasteiger partial charge in [-0.05, 0) is 42.7 Å². The van der Waals surface area contributed by atoms with Crippen LogP contribution in [0.1, 0.15) is 49.3 Å². The predicted octanol–water partition coefficient (Wildman–Crippen LogP) is 4.72. The minimum Gasteiger partial charge on any atom is -0.481 e. The third-order valence-corrected chi connectivity index (χ3v) is 4.07. The van der Waals surface area contributed by atoms with Crippen LogP contribution in [0.5, 0.6) is 5.75 Å². The molecule has 0 unspecified atom stereocenters. The monoisotopic (exact) mass is 371 g/mol. The van der Waals surface area contributed by atoms with Gasteiger partial charge in [-0.25, -0.2) is 4.79 Å². The second-order valence-electron chi connectivity index (χ2n) is 5.92. The summed E-state index contributed by atoms with van der Waals surface area (Å²) in [6, 6.07) is 6.94. The summed E-state index contributed by atoms with van der Waals surface area (Å²) in [6.45, 7) is 1.77. The summed E-state index contributed by atoms with van der Waals surface area (Å²) in [7, 11) is 0. The number of carbonyl (C=O) groups is 1. The number of nitrogens with zero attached hydrogens (tertiary/aromatic N) is 1. The number of aromatic nitrogens is 1. The zero-order valence-electron chi connectivity index (χ0n) is 14.8. The zero-order chi connectivity index (χ0) is 18.8. The number of aryl methyl sites for hydroxylation is 1. The lowest BCUT2D eigenvalue weighted by Gasteiger charge is -2.06. The molecule has 136 valence electrons. The van der Waals surface area contributed by atoms with Gasteiger partial charge in [0.15, 0.2) is 6.61 Å². The number of pyridine rings is 1. The van der Waals surface area contributed by atoms with Crippen LogP contribution in [0.4, 0.5) is 0 Å². The topological polar surface area (TPSA) is 59.4 Å². The molecule has 1 heterocycles. The van der Waals surface area contributed by atoms with Crippen LogP contribution < -0.4 is 4.74 Å². The summed E-state index contributed by atoms with van der Waals surface area (Å²) < 4.78 is 5.29. The first kappa shape index (κ1) is 19.8. The maximum Gasteiger partial charge on any atom is 0.341 e. The van der Waals surface area contributed by atoms with E-state index in [1.807, 2.05) is 6.07 Å². The fraction of sp³-hybridized carbons (Fsp3) is 0.333. The Kier molecular flexibility index (Phi) is 7.98. The number of carboxylic acids is 1. The molecule has 0 fully saturated rings. The van der Waals surface area contributed by atoms with E-state index in [0.717, 1.165) is 18.4 Å². The van der Waals surface area contributed by atoms with Gasteiger partial charge in [-0.1, -0.05) is 49.6 Å². The molecule has 1 N–H and O–H groups in total. The van der Waals surface area contributed by atoms with Gasteiger partial charge in [0.2, 0.25) is 0 Å². The predicted molar refractivity (Wildman–Crippen MR) is 103 cm³/mol. The number of benzene rings is 1. The van der Waals surface area contributed by atoms with Crippen molar-refractivity contribution in [2.24, 2.45) is 0 Å². The second-order valence-corrected chi connectivity index (χ2v) is 6.35. The number of ether oxygens (including phenoxy) is 1. The number of hydrogen-bond donors (Lipinski definition) is 1. The van der Waals surface area contributed by atoms with Gasteiger partial charge in [0.1, 0.15) is 5.75 Å². The molecule has 0 bridgehead atoms. The van der Waals surface area contributed by atoms with E-state index >= 15 is 0 Å². The molecule has 0 atom stereocenters. The Morgan fingerprint density at radius 2 is 2.00 bits per heavy atom. The highest BCUT2D eigenvalue weighted by atomic mass is 35.5. The third-order valence-electron chi connectivity index (χ3n) is 3.84. The van der Waals surface area contributed by atoms with E-state index in [2.05, 4.69) is 23.7 Å². The lowest BCUT2D eigenvalue weighted by Crippen LogP contribution is -2.10. The summed E-state index contributed by atoms with van der Waals surface area (Å²) in [5, 5.41) is 9.31. The van der Waals surface area contributed by atoms with Crippen LogP contribution in [-0.2, 0) is 11.2 Å². The van der Waals surface area contributed by atoms with Crippen molar-refractivity contribution >= 4 is 17.6 Å².